The quantitative estimate of drug-likeness (QED) is 0.337. The number of halogens is 1. The number of amides is 1. The standard InChI is InChI=1S/C26H32ClNO10/c1-14-9-16-24(37-13-34-3)17(10-20(25(16)35-4)36-12-33-2)28-21(31)8-6-5-7-15-22(26(32)38-14)18(29)11-19(30)23(15)27/h10-11,14,29-30H,5-9,12-13H2,1-4H3,(H,28,31). The van der Waals surface area contributed by atoms with E-state index in [4.69, 9.17) is 40.0 Å². The summed E-state index contributed by atoms with van der Waals surface area (Å²) in [5.41, 5.74) is 0.863. The highest BCUT2D eigenvalue weighted by Crippen LogP contribution is 2.45. The molecule has 0 aliphatic carbocycles. The predicted molar refractivity (Wildman–Crippen MR) is 138 cm³/mol. The van der Waals surface area contributed by atoms with E-state index in [1.165, 1.54) is 21.3 Å². The summed E-state index contributed by atoms with van der Waals surface area (Å²) < 4.78 is 33.0. The third-order valence-corrected chi connectivity index (χ3v) is 6.25. The number of ether oxygens (including phenoxy) is 6. The zero-order valence-corrected chi connectivity index (χ0v) is 22.5. The van der Waals surface area contributed by atoms with E-state index in [0.29, 0.717) is 24.1 Å². The van der Waals surface area contributed by atoms with Gasteiger partial charge in [0, 0.05) is 44.8 Å². The van der Waals surface area contributed by atoms with Crippen molar-refractivity contribution in [3.63, 3.8) is 0 Å². The van der Waals surface area contributed by atoms with Crippen LogP contribution in [0.3, 0.4) is 0 Å². The Bertz CT molecular complexity index is 1170. The Balaban J connectivity index is 2.14. The summed E-state index contributed by atoms with van der Waals surface area (Å²) in [4.78, 5) is 26.1. The second-order valence-electron chi connectivity index (χ2n) is 8.62. The van der Waals surface area contributed by atoms with Gasteiger partial charge in [-0.05, 0) is 31.7 Å². The van der Waals surface area contributed by atoms with E-state index in [-0.39, 0.29) is 77.9 Å². The summed E-state index contributed by atoms with van der Waals surface area (Å²) in [5, 5.41) is 23.4. The Morgan fingerprint density at radius 1 is 0.974 bits per heavy atom. The van der Waals surface area contributed by atoms with Crippen LogP contribution in [0, 0.1) is 0 Å². The lowest BCUT2D eigenvalue weighted by molar-refractivity contribution is -0.116. The lowest BCUT2D eigenvalue weighted by Crippen LogP contribution is -2.20. The Hall–Kier alpha value is -3.41. The molecule has 0 fully saturated rings. The first-order chi connectivity index (χ1) is 18.2. The largest absolute Gasteiger partial charge is 0.507 e. The van der Waals surface area contributed by atoms with Crippen LogP contribution in [0.2, 0.25) is 5.02 Å². The maximum Gasteiger partial charge on any atom is 0.342 e. The highest BCUT2D eigenvalue weighted by atomic mass is 35.5. The molecule has 3 rings (SSSR count). The van der Waals surface area contributed by atoms with Crippen molar-refractivity contribution in [1.29, 1.82) is 0 Å². The fourth-order valence-electron chi connectivity index (χ4n) is 4.21. The van der Waals surface area contributed by atoms with Gasteiger partial charge in [0.25, 0.3) is 0 Å². The average molecular weight is 554 g/mol. The number of esters is 1. The van der Waals surface area contributed by atoms with Gasteiger partial charge in [0.15, 0.2) is 30.8 Å². The van der Waals surface area contributed by atoms with Crippen LogP contribution >= 0.6 is 11.6 Å². The Morgan fingerprint density at radius 2 is 1.66 bits per heavy atom. The maximum absolute atomic E-state index is 13.2. The number of hydrogen-bond acceptors (Lipinski definition) is 10. The first kappa shape index (κ1) is 29.2. The summed E-state index contributed by atoms with van der Waals surface area (Å²) in [6.45, 7) is 1.43. The smallest absolute Gasteiger partial charge is 0.342 e. The van der Waals surface area contributed by atoms with Crippen LogP contribution in [0.1, 0.15) is 47.7 Å². The summed E-state index contributed by atoms with van der Waals surface area (Å²) in [6.07, 6.45) is 0.530. The van der Waals surface area contributed by atoms with Gasteiger partial charge in [-0.1, -0.05) is 11.6 Å². The third kappa shape index (κ3) is 6.72. The first-order valence-electron chi connectivity index (χ1n) is 11.9. The molecule has 1 aliphatic rings. The molecule has 1 atom stereocenters. The van der Waals surface area contributed by atoms with Gasteiger partial charge < -0.3 is 44.0 Å². The normalized spacial score (nSPS) is 16.4. The molecule has 1 aliphatic heterocycles. The summed E-state index contributed by atoms with van der Waals surface area (Å²) in [5.74, 6) is -1.10. The van der Waals surface area contributed by atoms with E-state index in [2.05, 4.69) is 5.32 Å². The van der Waals surface area contributed by atoms with E-state index < -0.39 is 17.8 Å². The SMILES string of the molecule is COCOc1cc2c(OCOC)c(c1OC)CC(C)OC(=O)c1c(O)cc(O)c(Cl)c1CCCCC(=O)N2. The number of nitrogens with one attached hydrogen (secondary N) is 1. The molecule has 0 saturated heterocycles. The molecule has 2 bridgehead atoms. The molecular weight excluding hydrogens is 522 g/mol. The molecule has 12 heteroatoms. The molecule has 0 radical (unpaired) electrons. The lowest BCUT2D eigenvalue weighted by atomic mass is 9.99. The molecule has 0 saturated carbocycles. The second-order valence-corrected chi connectivity index (χ2v) is 9.00. The number of carbonyl (C=O) groups excluding carboxylic acids is 2. The first-order valence-corrected chi connectivity index (χ1v) is 12.3. The number of fused-ring (bicyclic) bond motifs is 3. The van der Waals surface area contributed by atoms with Crippen molar-refractivity contribution in [2.75, 3.05) is 40.2 Å². The predicted octanol–water partition coefficient (Wildman–Crippen LogP) is 4.18. The Kier molecular flexibility index (Phi) is 10.3. The molecule has 3 N–H and O–H groups in total. The molecule has 0 spiro atoms. The fourth-order valence-corrected chi connectivity index (χ4v) is 4.45. The van der Waals surface area contributed by atoms with Crippen LogP contribution in [0.4, 0.5) is 5.69 Å². The van der Waals surface area contributed by atoms with E-state index in [0.717, 1.165) is 6.07 Å². The molecule has 11 nitrogen and oxygen atoms in total. The van der Waals surface area contributed by atoms with Gasteiger partial charge in [0.2, 0.25) is 5.91 Å². The second kappa shape index (κ2) is 13.4. The van der Waals surface area contributed by atoms with Crippen LogP contribution in [-0.4, -0.2) is 63.1 Å². The monoisotopic (exact) mass is 553 g/mol. The maximum atomic E-state index is 13.2. The minimum Gasteiger partial charge on any atom is -0.507 e. The van der Waals surface area contributed by atoms with Gasteiger partial charge in [0.1, 0.15) is 23.2 Å². The van der Waals surface area contributed by atoms with Gasteiger partial charge in [-0.15, -0.1) is 0 Å². The van der Waals surface area contributed by atoms with Crippen molar-refractivity contribution >= 4 is 29.2 Å². The molecule has 1 heterocycles. The number of hydrogen-bond donors (Lipinski definition) is 3. The highest BCUT2D eigenvalue weighted by molar-refractivity contribution is 6.33. The number of carbonyl (C=O) groups is 2. The van der Waals surface area contributed by atoms with Crippen molar-refractivity contribution in [3.8, 4) is 28.7 Å². The van der Waals surface area contributed by atoms with Gasteiger partial charge in [-0.2, -0.15) is 0 Å². The highest BCUT2D eigenvalue weighted by Gasteiger charge is 2.28. The number of cyclic esters (lactones) is 1. The van der Waals surface area contributed by atoms with Crippen molar-refractivity contribution in [2.24, 2.45) is 0 Å². The van der Waals surface area contributed by atoms with Crippen LogP contribution in [0.25, 0.3) is 0 Å². The van der Waals surface area contributed by atoms with Gasteiger partial charge in [-0.25, -0.2) is 4.79 Å². The molecule has 2 aromatic rings. The van der Waals surface area contributed by atoms with E-state index >= 15 is 0 Å². The van der Waals surface area contributed by atoms with E-state index in [9.17, 15) is 19.8 Å². The average Bonchev–Trinajstić information content (AvgIpc) is 2.87. The fraction of sp³-hybridized carbons (Fsp3) is 0.462. The van der Waals surface area contributed by atoms with Crippen LogP contribution in [0.5, 0.6) is 28.7 Å². The van der Waals surface area contributed by atoms with Gasteiger partial charge >= 0.3 is 5.97 Å². The number of rotatable bonds is 7. The summed E-state index contributed by atoms with van der Waals surface area (Å²) in [6, 6.07) is 2.56. The van der Waals surface area contributed by atoms with Crippen molar-refractivity contribution in [1.82, 2.24) is 0 Å². The number of benzene rings is 2. The van der Waals surface area contributed by atoms with Crippen molar-refractivity contribution < 1.29 is 48.2 Å². The molecule has 38 heavy (non-hydrogen) atoms. The topological polar surface area (TPSA) is 142 Å². The third-order valence-electron chi connectivity index (χ3n) is 5.83. The minimum absolute atomic E-state index is 0.0559. The number of anilines is 1. The Morgan fingerprint density at radius 3 is 2.34 bits per heavy atom. The zero-order valence-electron chi connectivity index (χ0n) is 21.7. The van der Waals surface area contributed by atoms with Crippen LogP contribution < -0.4 is 19.5 Å². The van der Waals surface area contributed by atoms with Crippen molar-refractivity contribution in [2.45, 2.75) is 45.1 Å². The number of methoxy groups -OCH3 is 3. The van der Waals surface area contributed by atoms with Crippen LogP contribution in [-0.2, 0) is 31.8 Å². The Labute approximate surface area is 225 Å². The summed E-state index contributed by atoms with van der Waals surface area (Å²) in [7, 11) is 4.37. The zero-order chi connectivity index (χ0) is 27.8. The number of phenolic OH excluding ortho intramolecular Hbond substituents is 2. The number of aromatic hydroxyl groups is 2. The molecule has 1 amide bonds. The van der Waals surface area contributed by atoms with E-state index in [1.807, 2.05) is 0 Å². The minimum atomic E-state index is -0.818. The van der Waals surface area contributed by atoms with Crippen molar-refractivity contribution in [3.05, 3.63) is 33.8 Å². The number of phenols is 2. The molecular formula is C26H32ClNO10. The van der Waals surface area contributed by atoms with E-state index in [1.54, 1.807) is 13.0 Å². The lowest BCUT2D eigenvalue weighted by Gasteiger charge is -2.23. The summed E-state index contributed by atoms with van der Waals surface area (Å²) >= 11 is 6.29. The van der Waals surface area contributed by atoms with Gasteiger partial charge in [-0.3, -0.25) is 4.79 Å². The molecule has 0 aromatic heterocycles. The molecule has 2 aromatic carbocycles. The molecule has 208 valence electrons. The molecule has 1 unspecified atom stereocenters. The van der Waals surface area contributed by atoms with Crippen LogP contribution in [0.15, 0.2) is 12.1 Å². The van der Waals surface area contributed by atoms with Gasteiger partial charge in [0.05, 0.1) is 17.8 Å².